The fraction of sp³-hybridized carbons (Fsp3) is 0.217. The number of amides is 1. The molecule has 0 N–H and O–H groups in total. The standard InChI is InChI=1S/C23H23N3O4S/c1-3-26-20-12-8-7-11-19(20)24-22(26)15-25(2)23(27)21-14-13-17(30-21)16-31(28,29)18-9-5-4-6-10-18/h4-14H,3,15-16H2,1-2H3. The molecule has 0 radical (unpaired) electrons. The first kappa shape index (κ1) is 20.9. The summed E-state index contributed by atoms with van der Waals surface area (Å²) in [7, 11) is -1.88. The number of nitrogens with zero attached hydrogens (tertiary/aromatic N) is 3. The van der Waals surface area contributed by atoms with E-state index in [4.69, 9.17) is 4.42 Å². The quantitative estimate of drug-likeness (QED) is 0.438. The molecule has 0 aliphatic rings. The minimum absolute atomic E-state index is 0.0971. The molecular weight excluding hydrogens is 414 g/mol. The number of rotatable bonds is 7. The molecule has 160 valence electrons. The number of sulfone groups is 1. The summed E-state index contributed by atoms with van der Waals surface area (Å²) < 4.78 is 32.7. The molecule has 0 fully saturated rings. The van der Waals surface area contributed by atoms with Crippen molar-refractivity contribution in [1.82, 2.24) is 14.5 Å². The van der Waals surface area contributed by atoms with Crippen molar-refractivity contribution in [3.8, 4) is 0 Å². The van der Waals surface area contributed by atoms with Gasteiger partial charge in [0.15, 0.2) is 15.6 Å². The largest absolute Gasteiger partial charge is 0.455 e. The van der Waals surface area contributed by atoms with E-state index in [2.05, 4.69) is 9.55 Å². The molecule has 0 atom stereocenters. The summed E-state index contributed by atoms with van der Waals surface area (Å²) in [6.45, 7) is 3.07. The number of para-hydroxylation sites is 2. The number of fused-ring (bicyclic) bond motifs is 1. The Kier molecular flexibility index (Phi) is 5.65. The zero-order chi connectivity index (χ0) is 22.0. The Morgan fingerprint density at radius 1 is 1.03 bits per heavy atom. The normalized spacial score (nSPS) is 11.7. The van der Waals surface area contributed by atoms with Gasteiger partial charge in [-0.15, -0.1) is 0 Å². The van der Waals surface area contributed by atoms with E-state index in [1.807, 2.05) is 31.2 Å². The van der Waals surface area contributed by atoms with Crippen LogP contribution < -0.4 is 0 Å². The number of hydrogen-bond donors (Lipinski definition) is 0. The number of benzene rings is 2. The van der Waals surface area contributed by atoms with Gasteiger partial charge in [-0.3, -0.25) is 4.79 Å². The smallest absolute Gasteiger partial charge is 0.289 e. The Hall–Kier alpha value is -3.39. The Labute approximate surface area is 180 Å². The average molecular weight is 438 g/mol. The lowest BCUT2D eigenvalue weighted by molar-refractivity contribution is 0.0747. The van der Waals surface area contributed by atoms with Gasteiger partial charge in [-0.1, -0.05) is 30.3 Å². The third-order valence-electron chi connectivity index (χ3n) is 5.08. The summed E-state index contributed by atoms with van der Waals surface area (Å²) in [5.41, 5.74) is 1.90. The van der Waals surface area contributed by atoms with Gasteiger partial charge in [-0.25, -0.2) is 13.4 Å². The summed E-state index contributed by atoms with van der Waals surface area (Å²) in [4.78, 5) is 19.2. The summed E-state index contributed by atoms with van der Waals surface area (Å²) in [5, 5.41) is 0. The van der Waals surface area contributed by atoms with E-state index in [0.717, 1.165) is 23.4 Å². The van der Waals surface area contributed by atoms with Crippen molar-refractivity contribution in [2.24, 2.45) is 0 Å². The summed E-state index contributed by atoms with van der Waals surface area (Å²) in [5.74, 6) is 0.456. The first-order chi connectivity index (χ1) is 14.9. The molecule has 0 aliphatic carbocycles. The molecule has 0 spiro atoms. The molecule has 0 unspecified atom stereocenters. The number of hydrogen-bond acceptors (Lipinski definition) is 5. The van der Waals surface area contributed by atoms with Crippen molar-refractivity contribution in [3.05, 3.63) is 84.1 Å². The van der Waals surface area contributed by atoms with Gasteiger partial charge in [0.2, 0.25) is 0 Å². The topological polar surface area (TPSA) is 85.4 Å². The van der Waals surface area contributed by atoms with Crippen LogP contribution in [0, 0.1) is 0 Å². The Balaban J connectivity index is 1.50. The summed E-state index contributed by atoms with van der Waals surface area (Å²) in [6, 6.07) is 19.1. The van der Waals surface area contributed by atoms with Gasteiger partial charge in [0.05, 0.1) is 22.5 Å². The fourth-order valence-electron chi connectivity index (χ4n) is 3.54. The van der Waals surface area contributed by atoms with E-state index in [1.54, 1.807) is 25.2 Å². The number of carbonyl (C=O) groups is 1. The number of imidazole rings is 1. The lowest BCUT2D eigenvalue weighted by Gasteiger charge is -2.16. The molecule has 2 heterocycles. The third-order valence-corrected chi connectivity index (χ3v) is 6.74. The van der Waals surface area contributed by atoms with Crippen molar-refractivity contribution >= 4 is 26.8 Å². The van der Waals surface area contributed by atoms with E-state index >= 15 is 0 Å². The summed E-state index contributed by atoms with van der Waals surface area (Å²) >= 11 is 0. The predicted molar refractivity (Wildman–Crippen MR) is 117 cm³/mol. The van der Waals surface area contributed by atoms with Gasteiger partial charge in [0, 0.05) is 13.6 Å². The van der Waals surface area contributed by atoms with E-state index in [9.17, 15) is 13.2 Å². The van der Waals surface area contributed by atoms with Crippen molar-refractivity contribution < 1.29 is 17.6 Å². The first-order valence-corrected chi connectivity index (χ1v) is 11.6. The molecule has 0 saturated carbocycles. The van der Waals surface area contributed by atoms with Crippen LogP contribution in [-0.2, 0) is 28.7 Å². The highest BCUT2D eigenvalue weighted by Crippen LogP contribution is 2.20. The molecule has 31 heavy (non-hydrogen) atoms. The van der Waals surface area contributed by atoms with Crippen molar-refractivity contribution in [3.63, 3.8) is 0 Å². The van der Waals surface area contributed by atoms with E-state index < -0.39 is 9.84 Å². The second kappa shape index (κ2) is 8.39. The second-order valence-electron chi connectivity index (χ2n) is 7.26. The van der Waals surface area contributed by atoms with Gasteiger partial charge in [-0.2, -0.15) is 0 Å². The van der Waals surface area contributed by atoms with Crippen LogP contribution >= 0.6 is 0 Å². The molecule has 0 saturated heterocycles. The number of aromatic nitrogens is 2. The monoisotopic (exact) mass is 437 g/mol. The van der Waals surface area contributed by atoms with Crippen LogP contribution in [-0.4, -0.2) is 35.8 Å². The molecule has 2 aromatic carbocycles. The van der Waals surface area contributed by atoms with Crippen molar-refractivity contribution in [2.45, 2.75) is 30.7 Å². The molecule has 0 aliphatic heterocycles. The van der Waals surface area contributed by atoms with Crippen LogP contribution in [0.1, 0.15) is 29.1 Å². The highest BCUT2D eigenvalue weighted by Gasteiger charge is 2.22. The van der Waals surface area contributed by atoms with E-state index in [1.165, 1.54) is 29.2 Å². The molecule has 4 aromatic rings. The second-order valence-corrected chi connectivity index (χ2v) is 9.25. The van der Waals surface area contributed by atoms with Crippen LogP contribution in [0.4, 0.5) is 0 Å². The van der Waals surface area contributed by atoms with Crippen LogP contribution in [0.2, 0.25) is 0 Å². The van der Waals surface area contributed by atoms with Crippen molar-refractivity contribution in [1.29, 1.82) is 0 Å². The lowest BCUT2D eigenvalue weighted by atomic mass is 10.3. The number of carbonyl (C=O) groups excluding carboxylic acids is 1. The maximum Gasteiger partial charge on any atom is 0.289 e. The minimum Gasteiger partial charge on any atom is -0.455 e. The lowest BCUT2D eigenvalue weighted by Crippen LogP contribution is -2.27. The molecule has 4 rings (SSSR count). The predicted octanol–water partition coefficient (Wildman–Crippen LogP) is 3.90. The van der Waals surface area contributed by atoms with Gasteiger partial charge in [-0.05, 0) is 43.3 Å². The van der Waals surface area contributed by atoms with Gasteiger partial charge < -0.3 is 13.9 Å². The Bertz CT molecular complexity index is 1320. The number of aryl methyl sites for hydroxylation is 1. The minimum atomic E-state index is -3.55. The highest BCUT2D eigenvalue weighted by molar-refractivity contribution is 7.90. The molecule has 8 heteroatoms. The molecule has 2 aromatic heterocycles. The van der Waals surface area contributed by atoms with Crippen LogP contribution in [0.3, 0.4) is 0 Å². The Morgan fingerprint density at radius 2 is 1.74 bits per heavy atom. The average Bonchev–Trinajstić information content (AvgIpc) is 3.37. The van der Waals surface area contributed by atoms with Crippen LogP contribution in [0.15, 0.2) is 76.0 Å². The van der Waals surface area contributed by atoms with Gasteiger partial charge in [0.1, 0.15) is 17.3 Å². The van der Waals surface area contributed by atoms with Crippen LogP contribution in [0.5, 0.6) is 0 Å². The summed E-state index contributed by atoms with van der Waals surface area (Å²) in [6.07, 6.45) is 0. The number of furan rings is 1. The van der Waals surface area contributed by atoms with Crippen molar-refractivity contribution in [2.75, 3.05) is 7.05 Å². The zero-order valence-corrected chi connectivity index (χ0v) is 18.2. The fourth-order valence-corrected chi connectivity index (χ4v) is 4.81. The SMILES string of the molecule is CCn1c(CN(C)C(=O)c2ccc(CS(=O)(=O)c3ccccc3)o2)nc2ccccc21. The van der Waals surface area contributed by atoms with E-state index in [-0.39, 0.29) is 28.1 Å². The van der Waals surface area contributed by atoms with E-state index in [0.29, 0.717) is 6.54 Å². The maximum atomic E-state index is 12.9. The first-order valence-electron chi connectivity index (χ1n) is 9.95. The van der Waals surface area contributed by atoms with Gasteiger partial charge in [0.25, 0.3) is 5.91 Å². The highest BCUT2D eigenvalue weighted by atomic mass is 32.2. The third kappa shape index (κ3) is 4.25. The molecular formula is C23H23N3O4S. The zero-order valence-electron chi connectivity index (χ0n) is 17.4. The Morgan fingerprint density at radius 3 is 2.48 bits per heavy atom. The molecule has 7 nitrogen and oxygen atoms in total. The van der Waals surface area contributed by atoms with Gasteiger partial charge >= 0.3 is 0 Å². The van der Waals surface area contributed by atoms with Crippen LogP contribution in [0.25, 0.3) is 11.0 Å². The molecule has 1 amide bonds. The molecule has 0 bridgehead atoms. The maximum absolute atomic E-state index is 12.9.